The monoisotopic (exact) mass is 459 g/mol. The number of hydrogen-bond acceptors (Lipinski definition) is 10. The van der Waals surface area contributed by atoms with E-state index in [1.54, 1.807) is 0 Å². The van der Waals surface area contributed by atoms with Crippen LogP contribution in [0, 0.1) is 11.8 Å². The van der Waals surface area contributed by atoms with Crippen LogP contribution < -0.4 is 16.8 Å². The zero-order chi connectivity index (χ0) is 24.5. The number of carbonyl (C=O) groups is 3. The van der Waals surface area contributed by atoms with Crippen molar-refractivity contribution >= 4 is 17.5 Å². The number of phenolic OH excluding ortho intramolecular Hbond substituents is 1. The number of aliphatic hydroxyl groups is 4. The number of Topliss-reactive ketones (excluding diaryl/α,β-unsaturated/α-hetero) is 2. The molecule has 3 aliphatic carbocycles. The summed E-state index contributed by atoms with van der Waals surface area (Å²) >= 11 is 0. The Morgan fingerprint density at radius 3 is 2.48 bits per heavy atom. The Kier molecular flexibility index (Phi) is 5.13. The Labute approximate surface area is 188 Å². The minimum Gasteiger partial charge on any atom is -0.510 e. The maximum absolute atomic E-state index is 13.3. The van der Waals surface area contributed by atoms with Crippen molar-refractivity contribution in [3.05, 3.63) is 52.0 Å². The van der Waals surface area contributed by atoms with Crippen LogP contribution in [0.2, 0.25) is 0 Å². The summed E-state index contributed by atoms with van der Waals surface area (Å²) < 4.78 is 0. The third kappa shape index (κ3) is 2.86. The van der Waals surface area contributed by atoms with Gasteiger partial charge in [-0.15, -0.1) is 0 Å². The average molecular weight is 459 g/mol. The van der Waals surface area contributed by atoms with Gasteiger partial charge in [-0.25, -0.2) is 0 Å². The maximum Gasteiger partial charge on any atom is 0.255 e. The molecule has 3 aliphatic rings. The van der Waals surface area contributed by atoms with E-state index >= 15 is 0 Å². The molecular weight excluding hydrogens is 434 g/mol. The average Bonchev–Trinajstić information content (AvgIpc) is 2.74. The molecular formula is C22H25N3O8. The molecule has 1 aromatic rings. The van der Waals surface area contributed by atoms with Gasteiger partial charge in [0, 0.05) is 30.5 Å². The number of aromatic hydroxyl groups is 1. The number of nitrogens with one attached hydrogen (secondary N) is 1. The first-order chi connectivity index (χ1) is 15.4. The van der Waals surface area contributed by atoms with E-state index in [4.69, 9.17) is 11.5 Å². The summed E-state index contributed by atoms with van der Waals surface area (Å²) in [6.45, 7) is 1.60. The first kappa shape index (κ1) is 22.9. The van der Waals surface area contributed by atoms with Crippen LogP contribution in [-0.4, -0.2) is 67.7 Å². The van der Waals surface area contributed by atoms with Crippen LogP contribution in [0.1, 0.15) is 29.3 Å². The van der Waals surface area contributed by atoms with E-state index in [2.05, 4.69) is 5.32 Å². The third-order valence-corrected chi connectivity index (χ3v) is 7.01. The van der Waals surface area contributed by atoms with Crippen LogP contribution in [0.15, 0.2) is 40.9 Å². The number of benzene rings is 1. The highest BCUT2D eigenvalue weighted by molar-refractivity contribution is 6.24. The molecule has 1 amide bonds. The van der Waals surface area contributed by atoms with Gasteiger partial charge >= 0.3 is 0 Å². The molecule has 33 heavy (non-hydrogen) atoms. The van der Waals surface area contributed by atoms with E-state index in [1.165, 1.54) is 25.1 Å². The predicted octanol–water partition coefficient (Wildman–Crippen LogP) is -1.23. The van der Waals surface area contributed by atoms with Gasteiger partial charge in [0.15, 0.2) is 11.4 Å². The fourth-order valence-corrected chi connectivity index (χ4v) is 5.41. The molecule has 0 saturated heterocycles. The van der Waals surface area contributed by atoms with Crippen LogP contribution in [0.3, 0.4) is 0 Å². The second kappa shape index (κ2) is 7.39. The molecule has 0 heterocycles. The molecule has 0 spiro atoms. The number of fused-ring (bicyclic) bond motifs is 3. The molecule has 10 N–H and O–H groups in total. The van der Waals surface area contributed by atoms with E-state index < -0.39 is 75.0 Å². The van der Waals surface area contributed by atoms with E-state index in [1.807, 2.05) is 0 Å². The van der Waals surface area contributed by atoms with Crippen LogP contribution in [0.5, 0.6) is 5.75 Å². The molecule has 0 radical (unpaired) electrons. The second-order valence-electron chi connectivity index (χ2n) is 8.77. The molecule has 0 aliphatic heterocycles. The lowest BCUT2D eigenvalue weighted by Crippen LogP contribution is -2.65. The van der Waals surface area contributed by atoms with Crippen molar-refractivity contribution in [2.75, 3.05) is 13.1 Å². The fourth-order valence-electron chi connectivity index (χ4n) is 5.41. The van der Waals surface area contributed by atoms with Gasteiger partial charge in [0.25, 0.3) is 5.91 Å². The highest BCUT2D eigenvalue weighted by Gasteiger charge is 2.65. The zero-order valence-corrected chi connectivity index (χ0v) is 17.7. The molecule has 0 bridgehead atoms. The minimum absolute atomic E-state index is 0.105. The van der Waals surface area contributed by atoms with Crippen LogP contribution >= 0.6 is 0 Å². The van der Waals surface area contributed by atoms with Gasteiger partial charge in [-0.2, -0.15) is 0 Å². The molecule has 0 unspecified atom stereocenters. The molecule has 0 aromatic heterocycles. The molecule has 1 aromatic carbocycles. The lowest BCUT2D eigenvalue weighted by Gasteiger charge is -2.52. The number of amides is 1. The largest absolute Gasteiger partial charge is 0.510 e. The van der Waals surface area contributed by atoms with Crippen LogP contribution in [-0.2, 0) is 15.2 Å². The summed E-state index contributed by atoms with van der Waals surface area (Å²) in [5.41, 5.74) is 4.70. The Balaban J connectivity index is 2.00. The number of ketones is 2. The van der Waals surface area contributed by atoms with Crippen molar-refractivity contribution in [3.8, 4) is 5.75 Å². The normalized spacial score (nSPS) is 33.5. The van der Waals surface area contributed by atoms with Crippen molar-refractivity contribution in [1.82, 2.24) is 5.32 Å². The van der Waals surface area contributed by atoms with E-state index in [9.17, 15) is 39.9 Å². The van der Waals surface area contributed by atoms with Crippen molar-refractivity contribution in [3.63, 3.8) is 0 Å². The SMILES string of the molecule is C[C@@]1(O)c2cccc(O)c2C(=O)C2=C(O)[C@]3(O)C(=O)C(C(N)=O)=C(O)[C@@H](NCCN)[C@@H]3C[C@@H]21. The predicted molar refractivity (Wildman–Crippen MR) is 113 cm³/mol. The molecule has 0 saturated carbocycles. The zero-order valence-electron chi connectivity index (χ0n) is 17.7. The van der Waals surface area contributed by atoms with E-state index in [-0.39, 0.29) is 30.6 Å². The van der Waals surface area contributed by atoms with Crippen molar-refractivity contribution in [2.24, 2.45) is 23.3 Å². The van der Waals surface area contributed by atoms with Crippen LogP contribution in [0.25, 0.3) is 0 Å². The first-order valence-corrected chi connectivity index (χ1v) is 10.4. The van der Waals surface area contributed by atoms with Gasteiger partial charge < -0.3 is 42.3 Å². The fraction of sp³-hybridized carbons (Fsp3) is 0.409. The third-order valence-electron chi connectivity index (χ3n) is 7.01. The van der Waals surface area contributed by atoms with E-state index in [0.29, 0.717) is 0 Å². The number of carbonyl (C=O) groups excluding carboxylic acids is 3. The standard InChI is InChI=1S/C22H25N3O8/c1-21(32)8-3-2-4-11(26)12(8)16(27)13-9(21)7-10-15(25-6-5-23)17(28)14(20(24)31)19(30)22(10,33)18(13)29/h2-4,9-10,15,25-26,28-29,32-33H,5-7,23H2,1H3,(H2,24,31)/t9-,10-,15-,21+,22-/m0/s1. The quantitative estimate of drug-likeness (QED) is 0.251. The van der Waals surface area contributed by atoms with Crippen molar-refractivity contribution in [1.29, 1.82) is 0 Å². The Morgan fingerprint density at radius 1 is 1.21 bits per heavy atom. The van der Waals surface area contributed by atoms with Crippen molar-refractivity contribution in [2.45, 2.75) is 30.6 Å². The number of hydrogen-bond donors (Lipinski definition) is 8. The molecule has 11 nitrogen and oxygen atoms in total. The number of rotatable bonds is 4. The first-order valence-electron chi connectivity index (χ1n) is 10.4. The Morgan fingerprint density at radius 2 is 1.88 bits per heavy atom. The minimum atomic E-state index is -2.79. The van der Waals surface area contributed by atoms with Gasteiger partial charge in [0.05, 0.1) is 17.2 Å². The van der Waals surface area contributed by atoms with Crippen LogP contribution in [0.4, 0.5) is 0 Å². The molecule has 5 atom stereocenters. The number of aliphatic hydroxyl groups excluding tert-OH is 2. The Bertz CT molecular complexity index is 1150. The van der Waals surface area contributed by atoms with Gasteiger partial charge in [-0.05, 0) is 25.0 Å². The molecule has 176 valence electrons. The maximum atomic E-state index is 13.3. The highest BCUT2D eigenvalue weighted by atomic mass is 16.3. The van der Waals surface area contributed by atoms with Crippen molar-refractivity contribution < 1.29 is 39.9 Å². The number of nitrogens with two attached hydrogens (primary N) is 2. The van der Waals surface area contributed by atoms with Gasteiger partial charge in [-0.1, -0.05) is 12.1 Å². The molecule has 0 fully saturated rings. The van der Waals surface area contributed by atoms with Gasteiger partial charge in [-0.3, -0.25) is 14.4 Å². The summed E-state index contributed by atoms with van der Waals surface area (Å²) in [6, 6.07) is 2.90. The summed E-state index contributed by atoms with van der Waals surface area (Å²) in [4.78, 5) is 38.5. The molecule has 11 heteroatoms. The van der Waals surface area contributed by atoms with Gasteiger partial charge in [0.2, 0.25) is 5.78 Å². The van der Waals surface area contributed by atoms with Gasteiger partial charge in [0.1, 0.15) is 22.8 Å². The smallest absolute Gasteiger partial charge is 0.255 e. The summed E-state index contributed by atoms with van der Waals surface area (Å²) in [5, 5.41) is 57.9. The Hall–Kier alpha value is -3.25. The summed E-state index contributed by atoms with van der Waals surface area (Å²) in [7, 11) is 0. The second-order valence-corrected chi connectivity index (χ2v) is 8.77. The number of phenols is 1. The lowest BCUT2D eigenvalue weighted by molar-refractivity contribution is -0.149. The number of primary amides is 1. The lowest BCUT2D eigenvalue weighted by atomic mass is 9.55. The summed E-state index contributed by atoms with van der Waals surface area (Å²) in [5.74, 6) is -8.17. The highest BCUT2D eigenvalue weighted by Crippen LogP contribution is 2.56. The summed E-state index contributed by atoms with van der Waals surface area (Å²) in [6.07, 6.45) is -0.242. The van der Waals surface area contributed by atoms with E-state index in [0.717, 1.165) is 0 Å². The molecule has 4 rings (SSSR count). The topological polar surface area (TPSA) is 216 Å².